The van der Waals surface area contributed by atoms with Crippen molar-refractivity contribution in [1.29, 1.82) is 0 Å². The number of carbonyl (C=O) groups excluding carboxylic acids is 2. The highest BCUT2D eigenvalue weighted by molar-refractivity contribution is 5.90. The molecule has 1 heterocycles. The molecule has 0 radical (unpaired) electrons. The minimum absolute atomic E-state index is 0.197. The second kappa shape index (κ2) is 16.6. The van der Waals surface area contributed by atoms with Crippen molar-refractivity contribution in [2.24, 2.45) is 17.8 Å². The van der Waals surface area contributed by atoms with Crippen molar-refractivity contribution in [2.75, 3.05) is 6.61 Å². The Morgan fingerprint density at radius 3 is 2.36 bits per heavy atom. The number of hydrogen-bond donors (Lipinski definition) is 0. The van der Waals surface area contributed by atoms with Crippen LogP contribution >= 0.6 is 0 Å². The van der Waals surface area contributed by atoms with Crippen LogP contribution in [0.2, 0.25) is 0 Å². The van der Waals surface area contributed by atoms with Crippen LogP contribution in [-0.4, -0.2) is 30.8 Å². The Kier molecular flexibility index (Phi) is 13.9. The summed E-state index contributed by atoms with van der Waals surface area (Å²) in [6.45, 7) is 11.7. The second-order valence-corrected chi connectivity index (χ2v) is 10.8. The van der Waals surface area contributed by atoms with Crippen molar-refractivity contribution >= 4 is 11.9 Å². The topological polar surface area (TPSA) is 61.8 Å². The van der Waals surface area contributed by atoms with Crippen LogP contribution in [0.15, 0.2) is 42.0 Å². The second-order valence-electron chi connectivity index (χ2n) is 10.8. The maximum atomic E-state index is 12.6. The van der Waals surface area contributed by atoms with E-state index < -0.39 is 12.2 Å². The quantitative estimate of drug-likeness (QED) is 0.126. The standard InChI is InChI=1S/C31H48O5/c1-6-7-8-9-10-14-17-30(32)35-29(22-34-21-25-15-12-11-13-16-25)28-20-26(31(33)36-28)18-19-27(23(2)3)24(4)5/h11-13,15-16,18,23-24,27-29H,6-10,14,17,19-22H2,1-5H3/b26-18+/t28-,29-/m0/s1. The minimum atomic E-state index is -0.609. The minimum Gasteiger partial charge on any atom is -0.456 e. The van der Waals surface area contributed by atoms with Gasteiger partial charge in [0.05, 0.1) is 13.2 Å². The van der Waals surface area contributed by atoms with Gasteiger partial charge in [-0.25, -0.2) is 4.79 Å². The molecule has 5 heteroatoms. The fourth-order valence-electron chi connectivity index (χ4n) is 4.88. The number of unbranched alkanes of at least 4 members (excludes halogenated alkanes) is 5. The highest BCUT2D eigenvalue weighted by Crippen LogP contribution is 2.29. The molecule has 36 heavy (non-hydrogen) atoms. The molecule has 1 aliphatic rings. The molecule has 1 aromatic carbocycles. The lowest BCUT2D eigenvalue weighted by molar-refractivity contribution is -0.166. The van der Waals surface area contributed by atoms with E-state index in [0.717, 1.165) is 31.2 Å². The fourth-order valence-corrected chi connectivity index (χ4v) is 4.88. The summed E-state index contributed by atoms with van der Waals surface area (Å²) >= 11 is 0. The molecule has 1 saturated heterocycles. The average molecular weight is 501 g/mol. The summed E-state index contributed by atoms with van der Waals surface area (Å²) in [5, 5.41) is 0. The Morgan fingerprint density at radius 2 is 1.69 bits per heavy atom. The van der Waals surface area contributed by atoms with Gasteiger partial charge in [0.2, 0.25) is 0 Å². The number of carbonyl (C=O) groups is 2. The summed E-state index contributed by atoms with van der Waals surface area (Å²) in [6, 6.07) is 9.89. The molecule has 1 aromatic rings. The maximum absolute atomic E-state index is 12.6. The summed E-state index contributed by atoms with van der Waals surface area (Å²) in [6.07, 6.45) is 9.25. The van der Waals surface area contributed by atoms with Gasteiger partial charge in [0.25, 0.3) is 0 Å². The Hall–Kier alpha value is -2.14. The van der Waals surface area contributed by atoms with Gasteiger partial charge in [0, 0.05) is 18.4 Å². The fraction of sp³-hybridized carbons (Fsp3) is 0.677. The maximum Gasteiger partial charge on any atom is 0.334 e. The smallest absolute Gasteiger partial charge is 0.334 e. The molecule has 0 aromatic heterocycles. The predicted octanol–water partition coefficient (Wildman–Crippen LogP) is 7.43. The van der Waals surface area contributed by atoms with Crippen LogP contribution in [0.25, 0.3) is 0 Å². The van der Waals surface area contributed by atoms with E-state index >= 15 is 0 Å². The molecule has 2 rings (SSSR count). The van der Waals surface area contributed by atoms with Crippen molar-refractivity contribution in [3.05, 3.63) is 47.5 Å². The van der Waals surface area contributed by atoms with E-state index in [1.807, 2.05) is 36.4 Å². The Balaban J connectivity index is 1.97. The van der Waals surface area contributed by atoms with Crippen LogP contribution in [0.1, 0.15) is 98.0 Å². The average Bonchev–Trinajstić information content (AvgIpc) is 3.21. The molecule has 0 bridgehead atoms. The van der Waals surface area contributed by atoms with Crippen LogP contribution < -0.4 is 0 Å². The molecular formula is C31H48O5. The molecule has 202 valence electrons. The number of hydrogen-bond acceptors (Lipinski definition) is 5. The van der Waals surface area contributed by atoms with Crippen LogP contribution in [0.5, 0.6) is 0 Å². The van der Waals surface area contributed by atoms with Crippen LogP contribution in [0.4, 0.5) is 0 Å². The van der Waals surface area contributed by atoms with E-state index in [-0.39, 0.29) is 18.5 Å². The van der Waals surface area contributed by atoms with E-state index in [1.165, 1.54) is 19.3 Å². The van der Waals surface area contributed by atoms with Gasteiger partial charge in [-0.2, -0.15) is 0 Å². The highest BCUT2D eigenvalue weighted by Gasteiger charge is 2.37. The molecule has 0 unspecified atom stereocenters. The van der Waals surface area contributed by atoms with Crippen molar-refractivity contribution in [2.45, 2.75) is 111 Å². The summed E-state index contributed by atoms with van der Waals surface area (Å²) in [5.41, 5.74) is 1.73. The summed E-state index contributed by atoms with van der Waals surface area (Å²) in [5.74, 6) is 1.04. The monoisotopic (exact) mass is 500 g/mol. The summed E-state index contributed by atoms with van der Waals surface area (Å²) in [4.78, 5) is 25.3. The van der Waals surface area contributed by atoms with Crippen LogP contribution in [0.3, 0.4) is 0 Å². The van der Waals surface area contributed by atoms with E-state index in [1.54, 1.807) is 0 Å². The molecule has 0 N–H and O–H groups in total. The molecule has 0 saturated carbocycles. The molecule has 5 nitrogen and oxygen atoms in total. The van der Waals surface area contributed by atoms with Gasteiger partial charge in [-0.05, 0) is 36.2 Å². The third-order valence-corrected chi connectivity index (χ3v) is 7.12. The number of esters is 2. The first-order chi connectivity index (χ1) is 17.3. The molecule has 1 fully saturated rings. The van der Waals surface area contributed by atoms with E-state index in [0.29, 0.717) is 42.8 Å². The summed E-state index contributed by atoms with van der Waals surface area (Å²) in [7, 11) is 0. The zero-order valence-corrected chi connectivity index (χ0v) is 23.2. The van der Waals surface area contributed by atoms with Gasteiger partial charge < -0.3 is 14.2 Å². The SMILES string of the molecule is CCCCCCCCC(=O)O[C@@H](COCc1ccccc1)[C@@H]1C/C(=C\CC(C(C)C)C(C)C)C(=O)O1. The third kappa shape index (κ3) is 10.9. The zero-order chi connectivity index (χ0) is 26.3. The normalized spacial score (nSPS) is 17.8. The predicted molar refractivity (Wildman–Crippen MR) is 144 cm³/mol. The van der Waals surface area contributed by atoms with E-state index in [4.69, 9.17) is 14.2 Å². The lowest BCUT2D eigenvalue weighted by Crippen LogP contribution is -2.35. The first-order valence-electron chi connectivity index (χ1n) is 14.0. The van der Waals surface area contributed by atoms with Gasteiger partial charge in [0.1, 0.15) is 6.10 Å². The molecule has 0 aliphatic carbocycles. The van der Waals surface area contributed by atoms with E-state index in [2.05, 4.69) is 34.6 Å². The molecule has 2 atom stereocenters. The van der Waals surface area contributed by atoms with Gasteiger partial charge in [0.15, 0.2) is 6.10 Å². The molecule has 0 spiro atoms. The summed E-state index contributed by atoms with van der Waals surface area (Å²) < 4.78 is 17.4. The zero-order valence-electron chi connectivity index (χ0n) is 23.2. The lowest BCUT2D eigenvalue weighted by Gasteiger charge is -2.23. The largest absolute Gasteiger partial charge is 0.456 e. The van der Waals surface area contributed by atoms with Crippen molar-refractivity contribution in [1.82, 2.24) is 0 Å². The number of benzene rings is 1. The molecular weight excluding hydrogens is 452 g/mol. The number of allylic oxidation sites excluding steroid dienone is 1. The Labute approximate surface area is 219 Å². The van der Waals surface area contributed by atoms with Crippen molar-refractivity contribution < 1.29 is 23.8 Å². The molecule has 0 amide bonds. The van der Waals surface area contributed by atoms with Crippen molar-refractivity contribution in [3.63, 3.8) is 0 Å². The Bertz CT molecular complexity index is 790. The van der Waals surface area contributed by atoms with E-state index in [9.17, 15) is 9.59 Å². The highest BCUT2D eigenvalue weighted by atomic mass is 16.6. The number of rotatable bonds is 17. The van der Waals surface area contributed by atoms with Gasteiger partial charge >= 0.3 is 11.9 Å². The van der Waals surface area contributed by atoms with Gasteiger partial charge in [-0.3, -0.25) is 4.79 Å². The Morgan fingerprint density at radius 1 is 1.03 bits per heavy atom. The van der Waals surface area contributed by atoms with Gasteiger partial charge in [-0.15, -0.1) is 0 Å². The molecule has 1 aliphatic heterocycles. The van der Waals surface area contributed by atoms with Crippen molar-refractivity contribution in [3.8, 4) is 0 Å². The van der Waals surface area contributed by atoms with Gasteiger partial charge in [-0.1, -0.05) is 103 Å². The lowest BCUT2D eigenvalue weighted by atomic mass is 9.82. The number of ether oxygens (including phenoxy) is 3. The first kappa shape index (κ1) is 30.1. The first-order valence-corrected chi connectivity index (χ1v) is 14.0. The third-order valence-electron chi connectivity index (χ3n) is 7.12. The van der Waals surface area contributed by atoms with Crippen LogP contribution in [0, 0.1) is 17.8 Å². The number of cyclic esters (lactones) is 1. The van der Waals surface area contributed by atoms with Crippen LogP contribution in [-0.2, 0) is 30.4 Å².